The summed E-state index contributed by atoms with van der Waals surface area (Å²) in [6, 6.07) is 6.76. The number of amides is 1. The maximum Gasteiger partial charge on any atom is 0.234 e. The van der Waals surface area contributed by atoms with Crippen molar-refractivity contribution >= 4 is 34.1 Å². The van der Waals surface area contributed by atoms with Gasteiger partial charge in [0.2, 0.25) is 5.91 Å². The van der Waals surface area contributed by atoms with Crippen LogP contribution in [-0.2, 0) is 11.2 Å². The maximum atomic E-state index is 12.0. The second-order valence-electron chi connectivity index (χ2n) is 5.36. The molecule has 0 spiro atoms. The molecule has 0 unspecified atom stereocenters. The van der Waals surface area contributed by atoms with Crippen molar-refractivity contribution in [2.75, 3.05) is 18.2 Å². The van der Waals surface area contributed by atoms with Crippen molar-refractivity contribution in [3.63, 3.8) is 0 Å². The number of phenols is 1. The molecule has 2 aromatic rings. The molecular weight excluding hydrogens is 326 g/mol. The summed E-state index contributed by atoms with van der Waals surface area (Å²) in [5, 5.41) is 13.4. The topological polar surface area (TPSA) is 83.8 Å². The Bertz CT molecular complexity index is 821. The zero-order valence-electron chi connectivity index (χ0n) is 13.4. The zero-order valence-corrected chi connectivity index (χ0v) is 14.2. The van der Waals surface area contributed by atoms with E-state index in [1.54, 1.807) is 18.3 Å². The summed E-state index contributed by atoms with van der Waals surface area (Å²) in [5.41, 5.74) is 3.51. The van der Waals surface area contributed by atoms with Gasteiger partial charge in [0.1, 0.15) is 0 Å². The van der Waals surface area contributed by atoms with Crippen molar-refractivity contribution in [1.82, 2.24) is 4.98 Å². The SMILES string of the molecule is COc1ccc(NC(=O)CSC2=Nc3cnc(C)cc3C2)cc1O. The molecule has 0 aliphatic carbocycles. The van der Waals surface area contributed by atoms with Gasteiger partial charge in [0, 0.05) is 23.9 Å². The first-order chi connectivity index (χ1) is 11.5. The molecule has 0 bridgehead atoms. The molecule has 2 heterocycles. The lowest BCUT2D eigenvalue weighted by molar-refractivity contribution is -0.113. The Kier molecular flexibility index (Phi) is 4.71. The first-order valence-electron chi connectivity index (χ1n) is 7.38. The van der Waals surface area contributed by atoms with E-state index in [2.05, 4.69) is 15.3 Å². The fourth-order valence-corrected chi connectivity index (χ4v) is 3.18. The van der Waals surface area contributed by atoms with Crippen molar-refractivity contribution in [2.45, 2.75) is 13.3 Å². The van der Waals surface area contributed by atoms with Crippen LogP contribution in [0.2, 0.25) is 0 Å². The van der Waals surface area contributed by atoms with E-state index >= 15 is 0 Å². The number of fused-ring (bicyclic) bond motifs is 1. The largest absolute Gasteiger partial charge is 0.504 e. The van der Waals surface area contributed by atoms with Gasteiger partial charge in [-0.2, -0.15) is 0 Å². The number of carbonyl (C=O) groups is 1. The number of aliphatic imine (C=N–C) groups is 1. The van der Waals surface area contributed by atoms with Crippen LogP contribution in [0.1, 0.15) is 11.3 Å². The molecule has 6 nitrogen and oxygen atoms in total. The fourth-order valence-electron chi connectivity index (χ4n) is 2.39. The Labute approximate surface area is 144 Å². The van der Waals surface area contributed by atoms with Crippen LogP contribution < -0.4 is 10.1 Å². The third-order valence-corrected chi connectivity index (χ3v) is 4.50. The highest BCUT2D eigenvalue weighted by Crippen LogP contribution is 2.30. The molecule has 1 amide bonds. The molecule has 0 saturated carbocycles. The number of aromatic nitrogens is 1. The number of carbonyl (C=O) groups excluding carboxylic acids is 1. The molecule has 0 atom stereocenters. The molecule has 124 valence electrons. The lowest BCUT2D eigenvalue weighted by atomic mass is 10.2. The highest BCUT2D eigenvalue weighted by molar-refractivity contribution is 8.14. The number of anilines is 1. The Morgan fingerprint density at radius 3 is 3.00 bits per heavy atom. The van der Waals surface area contributed by atoms with Crippen LogP contribution in [0.5, 0.6) is 11.5 Å². The van der Waals surface area contributed by atoms with Crippen LogP contribution in [0.4, 0.5) is 11.4 Å². The van der Waals surface area contributed by atoms with Gasteiger partial charge >= 0.3 is 0 Å². The predicted octanol–water partition coefficient (Wildman–Crippen LogP) is 3.06. The molecule has 0 saturated heterocycles. The first-order valence-corrected chi connectivity index (χ1v) is 8.36. The number of methoxy groups -OCH3 is 1. The molecule has 24 heavy (non-hydrogen) atoms. The molecule has 1 aromatic heterocycles. The normalized spacial score (nSPS) is 12.5. The molecule has 1 aromatic carbocycles. The molecule has 1 aliphatic rings. The standard InChI is InChI=1S/C17H17N3O3S/c1-10-5-11-6-17(20-13(11)8-18-10)24-9-16(22)19-12-3-4-15(23-2)14(21)7-12/h3-5,7-8,21H,6,9H2,1-2H3,(H,19,22). The number of pyridine rings is 1. The summed E-state index contributed by atoms with van der Waals surface area (Å²) in [6.45, 7) is 1.95. The van der Waals surface area contributed by atoms with E-state index in [4.69, 9.17) is 4.74 Å². The molecule has 7 heteroatoms. The fraction of sp³-hybridized carbons (Fsp3) is 0.235. The van der Waals surface area contributed by atoms with Crippen molar-refractivity contribution in [3.05, 3.63) is 41.7 Å². The second-order valence-corrected chi connectivity index (χ2v) is 6.41. The number of benzene rings is 1. The van der Waals surface area contributed by atoms with Crippen molar-refractivity contribution < 1.29 is 14.6 Å². The van der Waals surface area contributed by atoms with E-state index in [-0.39, 0.29) is 17.4 Å². The molecule has 0 fully saturated rings. The van der Waals surface area contributed by atoms with Gasteiger partial charge in [0.25, 0.3) is 0 Å². The van der Waals surface area contributed by atoms with E-state index in [0.29, 0.717) is 11.4 Å². The lowest BCUT2D eigenvalue weighted by Crippen LogP contribution is -2.15. The minimum Gasteiger partial charge on any atom is -0.504 e. The van der Waals surface area contributed by atoms with E-state index < -0.39 is 0 Å². The Hall–Kier alpha value is -2.54. The smallest absolute Gasteiger partial charge is 0.234 e. The highest BCUT2D eigenvalue weighted by atomic mass is 32.2. The third kappa shape index (κ3) is 3.68. The summed E-state index contributed by atoms with van der Waals surface area (Å²) >= 11 is 1.41. The Morgan fingerprint density at radius 1 is 1.42 bits per heavy atom. The number of phenolic OH excluding ortho intramolecular Hbond substituents is 1. The van der Waals surface area contributed by atoms with Gasteiger partial charge in [0.05, 0.1) is 29.8 Å². The number of hydrogen-bond donors (Lipinski definition) is 2. The molecule has 2 N–H and O–H groups in total. The van der Waals surface area contributed by atoms with Gasteiger partial charge in [-0.15, -0.1) is 11.8 Å². The quantitative estimate of drug-likeness (QED) is 0.891. The second kappa shape index (κ2) is 6.92. The summed E-state index contributed by atoms with van der Waals surface area (Å²) in [5.74, 6) is 0.453. The van der Waals surface area contributed by atoms with Gasteiger partial charge in [0.15, 0.2) is 11.5 Å². The molecular formula is C17H17N3O3S. The van der Waals surface area contributed by atoms with Gasteiger partial charge in [-0.05, 0) is 30.7 Å². The van der Waals surface area contributed by atoms with E-state index in [1.165, 1.54) is 24.9 Å². The van der Waals surface area contributed by atoms with E-state index in [0.717, 1.165) is 28.4 Å². The minimum absolute atomic E-state index is 0.0126. The summed E-state index contributed by atoms with van der Waals surface area (Å²) in [6.07, 6.45) is 2.50. The number of ether oxygens (including phenoxy) is 1. The van der Waals surface area contributed by atoms with Crippen LogP contribution in [0.15, 0.2) is 35.5 Å². The summed E-state index contributed by atoms with van der Waals surface area (Å²) < 4.78 is 4.97. The minimum atomic E-state index is -0.155. The van der Waals surface area contributed by atoms with Crippen LogP contribution in [0.3, 0.4) is 0 Å². The van der Waals surface area contributed by atoms with E-state index in [9.17, 15) is 9.90 Å². The van der Waals surface area contributed by atoms with Crippen LogP contribution in [0, 0.1) is 6.92 Å². The van der Waals surface area contributed by atoms with Crippen molar-refractivity contribution in [1.29, 1.82) is 0 Å². The van der Waals surface area contributed by atoms with Crippen molar-refractivity contribution in [2.24, 2.45) is 4.99 Å². The van der Waals surface area contributed by atoms with Crippen molar-refractivity contribution in [3.8, 4) is 11.5 Å². The third-order valence-electron chi connectivity index (χ3n) is 3.52. The Morgan fingerprint density at radius 2 is 2.25 bits per heavy atom. The lowest BCUT2D eigenvalue weighted by Gasteiger charge is -2.08. The summed E-state index contributed by atoms with van der Waals surface area (Å²) in [4.78, 5) is 20.8. The van der Waals surface area contributed by atoms with Gasteiger partial charge in [-0.1, -0.05) is 0 Å². The summed E-state index contributed by atoms with van der Waals surface area (Å²) in [7, 11) is 1.47. The van der Waals surface area contributed by atoms with Gasteiger partial charge < -0.3 is 15.2 Å². The molecule has 3 rings (SSSR count). The zero-order chi connectivity index (χ0) is 17.1. The Balaban J connectivity index is 1.54. The first kappa shape index (κ1) is 16.3. The number of nitrogens with zero attached hydrogens (tertiary/aromatic N) is 2. The predicted molar refractivity (Wildman–Crippen MR) is 95.5 cm³/mol. The van der Waals surface area contributed by atoms with Crippen LogP contribution in [-0.4, -0.2) is 33.9 Å². The number of thioether (sulfide) groups is 1. The maximum absolute atomic E-state index is 12.0. The van der Waals surface area contributed by atoms with E-state index in [1.807, 2.05) is 13.0 Å². The van der Waals surface area contributed by atoms with Crippen LogP contribution >= 0.6 is 11.8 Å². The van der Waals surface area contributed by atoms with Gasteiger partial charge in [-0.25, -0.2) is 4.99 Å². The monoisotopic (exact) mass is 343 g/mol. The number of nitrogens with one attached hydrogen (secondary N) is 1. The highest BCUT2D eigenvalue weighted by Gasteiger charge is 2.17. The average Bonchev–Trinajstić information content (AvgIpc) is 2.95. The number of aromatic hydroxyl groups is 1. The molecule has 0 radical (unpaired) electrons. The van der Waals surface area contributed by atoms with Crippen LogP contribution in [0.25, 0.3) is 0 Å². The number of aryl methyl sites for hydroxylation is 1. The molecule has 1 aliphatic heterocycles. The number of hydrogen-bond acceptors (Lipinski definition) is 6. The van der Waals surface area contributed by atoms with Gasteiger partial charge in [-0.3, -0.25) is 9.78 Å². The average molecular weight is 343 g/mol. The number of rotatable bonds is 4.